The molecule has 1 aromatic carbocycles. The third kappa shape index (κ3) is 2.84. The molecule has 0 amide bonds. The lowest BCUT2D eigenvalue weighted by Crippen LogP contribution is -2.43. The van der Waals surface area contributed by atoms with Crippen LogP contribution in [0, 0.1) is 5.92 Å². The Morgan fingerprint density at radius 1 is 1.40 bits per heavy atom. The summed E-state index contributed by atoms with van der Waals surface area (Å²) < 4.78 is 5.63. The van der Waals surface area contributed by atoms with Crippen LogP contribution in [0.3, 0.4) is 0 Å². The predicted octanol–water partition coefficient (Wildman–Crippen LogP) is 2.90. The Balaban J connectivity index is 1.72. The smallest absolute Gasteiger partial charge is 0.0724 e. The zero-order chi connectivity index (χ0) is 13.9. The Labute approximate surface area is 122 Å². The Kier molecular flexibility index (Phi) is 4.27. The van der Waals surface area contributed by atoms with Crippen molar-refractivity contribution in [1.29, 1.82) is 0 Å². The second kappa shape index (κ2) is 6.15. The van der Waals surface area contributed by atoms with E-state index in [1.807, 2.05) is 7.11 Å². The van der Waals surface area contributed by atoms with Gasteiger partial charge in [-0.15, -0.1) is 0 Å². The molecular formula is C17H26N2O. The highest BCUT2D eigenvalue weighted by Gasteiger charge is 2.26. The molecule has 0 aromatic heterocycles. The van der Waals surface area contributed by atoms with Crippen molar-refractivity contribution in [3.63, 3.8) is 0 Å². The average Bonchev–Trinajstić information content (AvgIpc) is 2.49. The van der Waals surface area contributed by atoms with E-state index >= 15 is 0 Å². The van der Waals surface area contributed by atoms with Gasteiger partial charge in [0, 0.05) is 32.4 Å². The van der Waals surface area contributed by atoms with E-state index in [1.165, 1.54) is 42.6 Å². The fourth-order valence-corrected chi connectivity index (χ4v) is 3.52. The van der Waals surface area contributed by atoms with Crippen molar-refractivity contribution < 1.29 is 4.74 Å². The van der Waals surface area contributed by atoms with E-state index in [9.17, 15) is 0 Å². The fraction of sp³-hybridized carbons (Fsp3) is 0.647. The molecule has 3 heteroatoms. The van der Waals surface area contributed by atoms with Crippen LogP contribution in [0.2, 0.25) is 0 Å². The van der Waals surface area contributed by atoms with Crippen molar-refractivity contribution in [1.82, 2.24) is 4.90 Å². The van der Waals surface area contributed by atoms with Gasteiger partial charge >= 0.3 is 0 Å². The van der Waals surface area contributed by atoms with Crippen LogP contribution >= 0.6 is 0 Å². The number of anilines is 1. The number of fused-ring (bicyclic) bond motifs is 1. The number of benzene rings is 1. The molecule has 1 fully saturated rings. The highest BCUT2D eigenvalue weighted by atomic mass is 16.5. The van der Waals surface area contributed by atoms with Gasteiger partial charge < -0.3 is 10.1 Å². The van der Waals surface area contributed by atoms with Crippen LogP contribution in [-0.2, 0) is 17.7 Å². The van der Waals surface area contributed by atoms with Crippen LogP contribution in [0.1, 0.15) is 30.9 Å². The first-order chi connectivity index (χ1) is 9.78. The van der Waals surface area contributed by atoms with E-state index < -0.39 is 0 Å². The molecule has 0 saturated carbocycles. The largest absolute Gasteiger partial charge is 0.385 e. The van der Waals surface area contributed by atoms with E-state index in [0.29, 0.717) is 12.0 Å². The lowest BCUT2D eigenvalue weighted by atomic mass is 9.93. The number of piperidine rings is 1. The standard InChI is InChI=1S/C17H26N2O/c1-13-8-10-19(12-17(13)20-2)11-14-5-3-7-16-15(14)6-4-9-18-16/h3,5,7,13,17-18H,4,6,8-12H2,1-2H3. The monoisotopic (exact) mass is 274 g/mol. The molecule has 2 aliphatic rings. The summed E-state index contributed by atoms with van der Waals surface area (Å²) in [5.74, 6) is 0.683. The molecule has 2 unspecified atom stereocenters. The molecule has 110 valence electrons. The number of hydrogen-bond donors (Lipinski definition) is 1. The maximum Gasteiger partial charge on any atom is 0.0724 e. The van der Waals surface area contributed by atoms with Gasteiger partial charge in [-0.2, -0.15) is 0 Å². The minimum absolute atomic E-state index is 0.390. The molecule has 2 atom stereocenters. The predicted molar refractivity (Wildman–Crippen MR) is 83.1 cm³/mol. The third-order valence-electron chi connectivity index (χ3n) is 4.86. The number of ether oxygens (including phenoxy) is 1. The summed E-state index contributed by atoms with van der Waals surface area (Å²) in [5.41, 5.74) is 4.38. The van der Waals surface area contributed by atoms with Crippen LogP contribution in [0.4, 0.5) is 5.69 Å². The van der Waals surface area contributed by atoms with Gasteiger partial charge in [0.05, 0.1) is 6.10 Å². The van der Waals surface area contributed by atoms with Crippen LogP contribution < -0.4 is 5.32 Å². The van der Waals surface area contributed by atoms with Crippen LogP contribution in [-0.4, -0.2) is 37.7 Å². The van der Waals surface area contributed by atoms with Crippen LogP contribution in [0.25, 0.3) is 0 Å². The molecule has 1 saturated heterocycles. The molecular weight excluding hydrogens is 248 g/mol. The summed E-state index contributed by atoms with van der Waals surface area (Å²) in [7, 11) is 1.85. The molecule has 20 heavy (non-hydrogen) atoms. The number of nitrogens with one attached hydrogen (secondary N) is 1. The molecule has 0 spiro atoms. The maximum atomic E-state index is 5.63. The molecule has 2 heterocycles. The first kappa shape index (κ1) is 13.9. The minimum atomic E-state index is 0.390. The first-order valence-corrected chi connectivity index (χ1v) is 7.87. The number of methoxy groups -OCH3 is 1. The van der Waals surface area contributed by atoms with Gasteiger partial charge in [-0.25, -0.2) is 0 Å². The first-order valence-electron chi connectivity index (χ1n) is 7.87. The summed E-state index contributed by atoms with van der Waals surface area (Å²) in [5, 5.41) is 3.52. The Morgan fingerprint density at radius 2 is 2.30 bits per heavy atom. The summed E-state index contributed by atoms with van der Waals surface area (Å²) in [6.07, 6.45) is 4.10. The van der Waals surface area contributed by atoms with Gasteiger partial charge in [0.2, 0.25) is 0 Å². The van der Waals surface area contributed by atoms with Crippen molar-refractivity contribution in [3.05, 3.63) is 29.3 Å². The minimum Gasteiger partial charge on any atom is -0.385 e. The van der Waals surface area contributed by atoms with Gasteiger partial charge in [-0.05, 0) is 48.9 Å². The summed E-state index contributed by atoms with van der Waals surface area (Å²) in [6, 6.07) is 6.70. The van der Waals surface area contributed by atoms with Crippen molar-refractivity contribution >= 4 is 5.69 Å². The van der Waals surface area contributed by atoms with E-state index in [4.69, 9.17) is 4.74 Å². The fourth-order valence-electron chi connectivity index (χ4n) is 3.52. The Morgan fingerprint density at radius 3 is 3.15 bits per heavy atom. The summed E-state index contributed by atoms with van der Waals surface area (Å²) in [6.45, 7) is 6.74. The molecule has 2 aliphatic heterocycles. The maximum absolute atomic E-state index is 5.63. The number of nitrogens with zero attached hydrogens (tertiary/aromatic N) is 1. The van der Waals surface area contributed by atoms with Gasteiger partial charge in [-0.3, -0.25) is 4.90 Å². The topological polar surface area (TPSA) is 24.5 Å². The third-order valence-corrected chi connectivity index (χ3v) is 4.86. The second-order valence-electron chi connectivity index (χ2n) is 6.25. The van der Waals surface area contributed by atoms with Gasteiger partial charge in [-0.1, -0.05) is 19.1 Å². The van der Waals surface area contributed by atoms with Crippen LogP contribution in [0.15, 0.2) is 18.2 Å². The van der Waals surface area contributed by atoms with Gasteiger partial charge in [0.25, 0.3) is 0 Å². The molecule has 1 N–H and O–H groups in total. The highest BCUT2D eigenvalue weighted by molar-refractivity contribution is 5.56. The highest BCUT2D eigenvalue weighted by Crippen LogP contribution is 2.28. The molecule has 0 aliphatic carbocycles. The lowest BCUT2D eigenvalue weighted by molar-refractivity contribution is -0.00751. The molecule has 0 radical (unpaired) electrons. The van der Waals surface area contributed by atoms with Crippen LogP contribution in [0.5, 0.6) is 0 Å². The van der Waals surface area contributed by atoms with E-state index in [0.717, 1.165) is 19.6 Å². The summed E-state index contributed by atoms with van der Waals surface area (Å²) in [4.78, 5) is 2.55. The van der Waals surface area contributed by atoms with Crippen molar-refractivity contribution in [3.8, 4) is 0 Å². The quantitative estimate of drug-likeness (QED) is 0.917. The SMILES string of the molecule is COC1CN(Cc2cccc3c2CCCN3)CCC1C. The van der Waals surface area contributed by atoms with E-state index in [1.54, 1.807) is 0 Å². The number of rotatable bonds is 3. The average molecular weight is 274 g/mol. The number of hydrogen-bond acceptors (Lipinski definition) is 3. The second-order valence-corrected chi connectivity index (χ2v) is 6.25. The van der Waals surface area contributed by atoms with Crippen molar-refractivity contribution in [2.24, 2.45) is 5.92 Å². The number of likely N-dealkylation sites (tertiary alicyclic amines) is 1. The summed E-state index contributed by atoms with van der Waals surface area (Å²) >= 11 is 0. The van der Waals surface area contributed by atoms with Crippen molar-refractivity contribution in [2.45, 2.75) is 38.8 Å². The zero-order valence-electron chi connectivity index (χ0n) is 12.7. The van der Waals surface area contributed by atoms with Crippen molar-refractivity contribution in [2.75, 3.05) is 32.1 Å². The Bertz CT molecular complexity index is 460. The Hall–Kier alpha value is -1.06. The molecule has 1 aromatic rings. The normalized spacial score (nSPS) is 26.9. The lowest BCUT2D eigenvalue weighted by Gasteiger charge is -2.36. The molecule has 3 rings (SSSR count). The van der Waals surface area contributed by atoms with E-state index in [2.05, 4.69) is 35.3 Å². The zero-order valence-corrected chi connectivity index (χ0v) is 12.7. The van der Waals surface area contributed by atoms with E-state index in [-0.39, 0.29) is 0 Å². The van der Waals surface area contributed by atoms with Gasteiger partial charge in [0.15, 0.2) is 0 Å². The van der Waals surface area contributed by atoms with Gasteiger partial charge in [0.1, 0.15) is 0 Å². The molecule has 0 bridgehead atoms. The molecule has 3 nitrogen and oxygen atoms in total.